The van der Waals surface area contributed by atoms with E-state index < -0.39 is 18.5 Å². The minimum absolute atomic E-state index is 0.111. The predicted octanol–water partition coefficient (Wildman–Crippen LogP) is 3.01. The van der Waals surface area contributed by atoms with E-state index in [9.17, 15) is 19.2 Å². The molecule has 1 aliphatic carbocycles. The number of ketones is 2. The Morgan fingerprint density at radius 2 is 1.58 bits per heavy atom. The van der Waals surface area contributed by atoms with E-state index in [2.05, 4.69) is 5.32 Å². The van der Waals surface area contributed by atoms with Crippen LogP contribution in [0.4, 0.5) is 5.69 Å². The normalized spacial score (nSPS) is 12.2. The minimum atomic E-state index is -0.594. The molecule has 0 aromatic heterocycles. The van der Waals surface area contributed by atoms with E-state index in [0.717, 1.165) is 0 Å². The van der Waals surface area contributed by atoms with Crippen LogP contribution in [0.2, 0.25) is 5.02 Å². The van der Waals surface area contributed by atoms with Crippen LogP contribution in [0.3, 0.4) is 0 Å². The summed E-state index contributed by atoms with van der Waals surface area (Å²) in [6.07, 6.45) is 0.156. The van der Waals surface area contributed by atoms with Gasteiger partial charge in [0.25, 0.3) is 5.91 Å². The summed E-state index contributed by atoms with van der Waals surface area (Å²) < 4.78 is 4.75. The number of carbonyl (C=O) groups excluding carboxylic acids is 4. The molecule has 0 bridgehead atoms. The minimum Gasteiger partial charge on any atom is -0.456 e. The SMILES string of the molecule is CCC(=O)OCC(=O)Nc1cc2c(cc1Cl)C(=O)c1ccccc1C2=O. The Morgan fingerprint density at radius 1 is 1.00 bits per heavy atom. The van der Waals surface area contributed by atoms with Crippen molar-refractivity contribution in [2.45, 2.75) is 13.3 Å². The Bertz CT molecular complexity index is 951. The molecule has 2 aromatic carbocycles. The molecule has 1 N–H and O–H groups in total. The first-order chi connectivity index (χ1) is 12.4. The van der Waals surface area contributed by atoms with Crippen molar-refractivity contribution >= 4 is 40.7 Å². The molecule has 0 fully saturated rings. The van der Waals surface area contributed by atoms with Crippen LogP contribution in [0.5, 0.6) is 0 Å². The van der Waals surface area contributed by atoms with Gasteiger partial charge in [0.15, 0.2) is 18.2 Å². The van der Waals surface area contributed by atoms with Crippen molar-refractivity contribution in [1.82, 2.24) is 0 Å². The van der Waals surface area contributed by atoms with Crippen LogP contribution in [0.15, 0.2) is 36.4 Å². The highest BCUT2D eigenvalue weighted by Crippen LogP contribution is 2.33. The fourth-order valence-electron chi connectivity index (χ4n) is 2.65. The van der Waals surface area contributed by atoms with Gasteiger partial charge < -0.3 is 10.1 Å². The van der Waals surface area contributed by atoms with Crippen molar-refractivity contribution in [2.75, 3.05) is 11.9 Å². The standard InChI is InChI=1S/C19H14ClNO5/c1-2-17(23)26-9-16(22)21-15-8-13-12(7-14(15)20)18(24)10-5-3-4-6-11(10)19(13)25/h3-8H,2,9H2,1H3,(H,21,22). The Kier molecular flexibility index (Phi) is 4.86. The van der Waals surface area contributed by atoms with E-state index in [1.807, 2.05) is 0 Å². The first kappa shape index (κ1) is 17.8. The lowest BCUT2D eigenvalue weighted by Gasteiger charge is -2.19. The molecule has 132 valence electrons. The van der Waals surface area contributed by atoms with Crippen LogP contribution in [0.25, 0.3) is 0 Å². The van der Waals surface area contributed by atoms with Gasteiger partial charge in [0.05, 0.1) is 10.7 Å². The van der Waals surface area contributed by atoms with Gasteiger partial charge in [0.1, 0.15) is 0 Å². The average Bonchev–Trinajstić information content (AvgIpc) is 2.65. The number of benzene rings is 2. The first-order valence-corrected chi connectivity index (χ1v) is 8.27. The smallest absolute Gasteiger partial charge is 0.306 e. The average molecular weight is 372 g/mol. The molecule has 0 atom stereocenters. The summed E-state index contributed by atoms with van der Waals surface area (Å²) in [6.45, 7) is 1.15. The van der Waals surface area contributed by atoms with E-state index in [4.69, 9.17) is 16.3 Å². The van der Waals surface area contributed by atoms with Gasteiger partial charge >= 0.3 is 5.97 Å². The summed E-state index contributed by atoms with van der Waals surface area (Å²) in [4.78, 5) is 48.3. The molecule has 0 spiro atoms. The van der Waals surface area contributed by atoms with Gasteiger partial charge in [0.2, 0.25) is 0 Å². The number of fused-ring (bicyclic) bond motifs is 2. The molecular weight excluding hydrogens is 358 g/mol. The topological polar surface area (TPSA) is 89.5 Å². The summed E-state index contributed by atoms with van der Waals surface area (Å²) in [7, 11) is 0. The third-order valence-electron chi connectivity index (χ3n) is 3.94. The zero-order valence-corrected chi connectivity index (χ0v) is 14.6. The van der Waals surface area contributed by atoms with Crippen molar-refractivity contribution in [3.05, 3.63) is 63.7 Å². The predicted molar refractivity (Wildman–Crippen MR) is 94.6 cm³/mol. The summed E-state index contributed by atoms with van der Waals surface area (Å²) in [6, 6.07) is 9.26. The molecule has 0 radical (unpaired) electrons. The lowest BCUT2D eigenvalue weighted by Crippen LogP contribution is -2.23. The molecule has 6 nitrogen and oxygen atoms in total. The Morgan fingerprint density at radius 3 is 2.15 bits per heavy atom. The zero-order chi connectivity index (χ0) is 18.8. The number of carbonyl (C=O) groups is 4. The summed E-state index contributed by atoms with van der Waals surface area (Å²) in [5.74, 6) is -1.72. The van der Waals surface area contributed by atoms with E-state index >= 15 is 0 Å². The van der Waals surface area contributed by atoms with E-state index in [1.165, 1.54) is 12.1 Å². The van der Waals surface area contributed by atoms with Crippen LogP contribution < -0.4 is 5.32 Å². The number of anilines is 1. The molecule has 1 amide bonds. The van der Waals surface area contributed by atoms with E-state index in [0.29, 0.717) is 11.1 Å². The second-order valence-corrected chi connectivity index (χ2v) is 6.05. The molecule has 0 heterocycles. The van der Waals surface area contributed by atoms with Crippen molar-refractivity contribution in [1.29, 1.82) is 0 Å². The molecule has 1 aliphatic rings. The summed E-state index contributed by atoms with van der Waals surface area (Å²) >= 11 is 6.15. The highest BCUT2D eigenvalue weighted by molar-refractivity contribution is 6.36. The number of rotatable bonds is 4. The van der Waals surface area contributed by atoms with Gasteiger partial charge in [0, 0.05) is 28.7 Å². The van der Waals surface area contributed by atoms with Gasteiger partial charge in [-0.1, -0.05) is 42.8 Å². The molecule has 2 aromatic rings. The third kappa shape index (κ3) is 3.23. The van der Waals surface area contributed by atoms with Crippen LogP contribution >= 0.6 is 11.6 Å². The Labute approximate surface area is 154 Å². The molecule has 0 saturated carbocycles. The second kappa shape index (κ2) is 7.09. The van der Waals surface area contributed by atoms with Gasteiger partial charge in [-0.2, -0.15) is 0 Å². The van der Waals surface area contributed by atoms with Crippen LogP contribution in [0, 0.1) is 0 Å². The molecular formula is C19H14ClNO5. The van der Waals surface area contributed by atoms with Gasteiger partial charge in [-0.25, -0.2) is 0 Å². The number of esters is 1. The molecule has 3 rings (SSSR count). The highest BCUT2D eigenvalue weighted by Gasteiger charge is 2.30. The number of nitrogens with one attached hydrogen (secondary N) is 1. The van der Waals surface area contributed by atoms with Crippen LogP contribution in [-0.4, -0.2) is 30.0 Å². The van der Waals surface area contributed by atoms with Gasteiger partial charge in [-0.05, 0) is 12.1 Å². The van der Waals surface area contributed by atoms with Crippen molar-refractivity contribution in [2.24, 2.45) is 0 Å². The largest absolute Gasteiger partial charge is 0.456 e. The molecule has 7 heteroatoms. The second-order valence-electron chi connectivity index (χ2n) is 5.64. The van der Waals surface area contributed by atoms with E-state index in [1.54, 1.807) is 31.2 Å². The maximum absolute atomic E-state index is 12.7. The number of ether oxygens (including phenoxy) is 1. The van der Waals surface area contributed by atoms with Crippen LogP contribution in [-0.2, 0) is 14.3 Å². The number of amides is 1. The zero-order valence-electron chi connectivity index (χ0n) is 13.8. The first-order valence-electron chi connectivity index (χ1n) is 7.89. The Balaban J connectivity index is 1.90. The monoisotopic (exact) mass is 371 g/mol. The third-order valence-corrected chi connectivity index (χ3v) is 4.25. The maximum Gasteiger partial charge on any atom is 0.306 e. The fourth-order valence-corrected chi connectivity index (χ4v) is 2.86. The van der Waals surface area contributed by atoms with Crippen molar-refractivity contribution < 1.29 is 23.9 Å². The molecule has 0 aliphatic heterocycles. The Hall–Kier alpha value is -2.99. The fraction of sp³-hybridized carbons (Fsp3) is 0.158. The molecule has 0 saturated heterocycles. The summed E-state index contributed by atoms with van der Waals surface area (Å²) in [5.41, 5.74) is 1.15. The molecule has 26 heavy (non-hydrogen) atoms. The van der Waals surface area contributed by atoms with Crippen molar-refractivity contribution in [3.63, 3.8) is 0 Å². The number of hydrogen-bond acceptors (Lipinski definition) is 5. The molecule has 0 unspecified atom stereocenters. The number of halogens is 1. The van der Waals surface area contributed by atoms with Gasteiger partial charge in [-0.3, -0.25) is 19.2 Å². The van der Waals surface area contributed by atoms with E-state index in [-0.39, 0.29) is 39.8 Å². The van der Waals surface area contributed by atoms with Crippen molar-refractivity contribution in [3.8, 4) is 0 Å². The quantitative estimate of drug-likeness (QED) is 0.712. The highest BCUT2D eigenvalue weighted by atomic mass is 35.5. The number of hydrogen-bond donors (Lipinski definition) is 1. The lowest BCUT2D eigenvalue weighted by atomic mass is 9.84. The van der Waals surface area contributed by atoms with Gasteiger partial charge in [-0.15, -0.1) is 0 Å². The maximum atomic E-state index is 12.7. The summed E-state index contributed by atoms with van der Waals surface area (Å²) in [5, 5.41) is 2.60. The lowest BCUT2D eigenvalue weighted by molar-refractivity contribution is -0.146. The van der Waals surface area contributed by atoms with Crippen LogP contribution in [0.1, 0.15) is 45.2 Å².